The number of rotatable bonds is 2. The van der Waals surface area contributed by atoms with Gasteiger partial charge in [-0.15, -0.1) is 4.91 Å². The third-order valence-corrected chi connectivity index (χ3v) is 5.01. The van der Waals surface area contributed by atoms with Gasteiger partial charge in [-0.3, -0.25) is 0 Å². The van der Waals surface area contributed by atoms with Crippen molar-refractivity contribution in [2.75, 3.05) is 13.6 Å². The lowest BCUT2D eigenvalue weighted by atomic mass is 9.87. The number of nitrogens with one attached hydrogen (secondary N) is 1. The molecule has 4 rings (SSSR count). The lowest BCUT2D eigenvalue weighted by Crippen LogP contribution is -2.27. The maximum Gasteiger partial charge on any atom is 0.219 e. The van der Waals surface area contributed by atoms with Gasteiger partial charge in [0.15, 0.2) is 5.69 Å². The second-order valence-corrected chi connectivity index (χ2v) is 6.66. The fourth-order valence-corrected chi connectivity index (χ4v) is 3.79. The van der Waals surface area contributed by atoms with Crippen LogP contribution in [0, 0.1) is 17.6 Å². The van der Waals surface area contributed by atoms with Gasteiger partial charge in [-0.05, 0) is 71.6 Å². The van der Waals surface area contributed by atoms with E-state index in [2.05, 4.69) is 15.1 Å². The summed E-state index contributed by atoms with van der Waals surface area (Å²) in [6.07, 6.45) is 0.845. The molecule has 0 saturated carbocycles. The molecule has 1 aromatic heterocycles. The number of hydrogen-bond acceptors (Lipinski definition) is 4. The number of hydrogen-bond donors (Lipinski definition) is 2. The first-order valence-corrected chi connectivity index (χ1v) is 8.17. The van der Waals surface area contributed by atoms with Crippen LogP contribution >= 0.6 is 0 Å². The van der Waals surface area contributed by atoms with Gasteiger partial charge < -0.3 is 15.0 Å². The highest BCUT2D eigenvalue weighted by Crippen LogP contribution is 2.43. The highest BCUT2D eigenvalue weighted by atomic mass is 19.1. The predicted molar refractivity (Wildman–Crippen MR) is 95.6 cm³/mol. The predicted octanol–water partition coefficient (Wildman–Crippen LogP) is 4.37. The van der Waals surface area contributed by atoms with Crippen molar-refractivity contribution in [2.24, 2.45) is 5.18 Å². The van der Waals surface area contributed by atoms with Gasteiger partial charge in [-0.1, -0.05) is 6.07 Å². The summed E-state index contributed by atoms with van der Waals surface area (Å²) >= 11 is 0. The number of aromatic amines is 1. The molecule has 3 aromatic rings. The summed E-state index contributed by atoms with van der Waals surface area (Å²) in [6.45, 7) is 3.49. The minimum absolute atomic E-state index is 0.0204. The average molecular weight is 339 g/mol. The van der Waals surface area contributed by atoms with Crippen molar-refractivity contribution in [3.05, 3.63) is 51.7 Å². The van der Waals surface area contributed by atoms with Gasteiger partial charge in [-0.25, -0.2) is 4.39 Å². The standard InChI is InChI=1S/C19H18FN3O2/c1-10-7-11(20)3-4-12(10)14-8-15-17(21-19(24)18(15)22-25)16-9-23(2)6-5-13(14)16/h3-4,7-8,21,24H,5-6,9H2,1-2H3. The fraction of sp³-hybridized carbons (Fsp3) is 0.263. The van der Waals surface area contributed by atoms with Gasteiger partial charge in [-0.2, -0.15) is 0 Å². The minimum atomic E-state index is -0.273. The van der Waals surface area contributed by atoms with Crippen LogP contribution in [0.3, 0.4) is 0 Å². The SMILES string of the molecule is Cc1cc(F)ccc1-c1cc2c(N=O)c(O)[nH]c2c2c1CCN(C)C2. The number of likely N-dealkylation sites (N-methyl/N-ethyl adjacent to an activating group) is 1. The summed E-state index contributed by atoms with van der Waals surface area (Å²) < 4.78 is 13.5. The van der Waals surface area contributed by atoms with Crippen LogP contribution in [0.25, 0.3) is 22.0 Å². The van der Waals surface area contributed by atoms with Gasteiger partial charge >= 0.3 is 0 Å². The number of fused-ring (bicyclic) bond motifs is 3. The molecule has 0 atom stereocenters. The van der Waals surface area contributed by atoms with E-state index < -0.39 is 0 Å². The zero-order chi connectivity index (χ0) is 17.7. The molecule has 1 aliphatic rings. The summed E-state index contributed by atoms with van der Waals surface area (Å²) in [5.74, 6) is -0.487. The molecular weight excluding hydrogens is 321 g/mol. The molecule has 25 heavy (non-hydrogen) atoms. The molecular formula is C19H18FN3O2. The molecule has 5 nitrogen and oxygen atoms in total. The summed E-state index contributed by atoms with van der Waals surface area (Å²) in [5, 5.41) is 13.6. The van der Waals surface area contributed by atoms with Crippen molar-refractivity contribution in [3.8, 4) is 17.0 Å². The molecule has 0 fully saturated rings. The molecule has 0 saturated heterocycles. The van der Waals surface area contributed by atoms with Crippen molar-refractivity contribution in [1.82, 2.24) is 9.88 Å². The monoisotopic (exact) mass is 339 g/mol. The number of aryl methyl sites for hydroxylation is 1. The third kappa shape index (κ3) is 2.41. The van der Waals surface area contributed by atoms with E-state index in [0.29, 0.717) is 11.9 Å². The summed E-state index contributed by atoms with van der Waals surface area (Å²) in [7, 11) is 2.03. The quantitative estimate of drug-likeness (QED) is 0.681. The Balaban J connectivity index is 2.08. The van der Waals surface area contributed by atoms with Crippen LogP contribution < -0.4 is 0 Å². The number of aromatic nitrogens is 1. The normalized spacial score (nSPS) is 14.7. The maximum atomic E-state index is 13.5. The van der Waals surface area contributed by atoms with Crippen LogP contribution in [-0.2, 0) is 13.0 Å². The molecule has 0 bridgehead atoms. The van der Waals surface area contributed by atoms with Crippen molar-refractivity contribution in [3.63, 3.8) is 0 Å². The second-order valence-electron chi connectivity index (χ2n) is 6.66. The third-order valence-electron chi connectivity index (χ3n) is 5.01. The van der Waals surface area contributed by atoms with Gasteiger partial charge in [0.2, 0.25) is 5.88 Å². The molecule has 1 aliphatic heterocycles. The van der Waals surface area contributed by atoms with E-state index in [0.717, 1.165) is 40.7 Å². The van der Waals surface area contributed by atoms with Gasteiger partial charge in [0.1, 0.15) is 5.82 Å². The zero-order valence-electron chi connectivity index (χ0n) is 14.1. The zero-order valence-corrected chi connectivity index (χ0v) is 14.1. The molecule has 0 amide bonds. The van der Waals surface area contributed by atoms with Crippen LogP contribution in [0.1, 0.15) is 16.7 Å². The van der Waals surface area contributed by atoms with E-state index in [1.165, 1.54) is 17.7 Å². The van der Waals surface area contributed by atoms with E-state index in [1.54, 1.807) is 6.07 Å². The number of nitrogens with zero attached hydrogens (tertiary/aromatic N) is 2. The first-order chi connectivity index (χ1) is 12.0. The fourth-order valence-electron chi connectivity index (χ4n) is 3.79. The Hall–Kier alpha value is -2.73. The topological polar surface area (TPSA) is 68.7 Å². The van der Waals surface area contributed by atoms with E-state index in [-0.39, 0.29) is 17.4 Å². The largest absolute Gasteiger partial charge is 0.493 e. The smallest absolute Gasteiger partial charge is 0.219 e. The van der Waals surface area contributed by atoms with Crippen molar-refractivity contribution in [2.45, 2.75) is 19.9 Å². The Kier molecular flexibility index (Phi) is 3.58. The molecule has 2 aromatic carbocycles. The van der Waals surface area contributed by atoms with Crippen LogP contribution in [0.4, 0.5) is 10.1 Å². The lowest BCUT2D eigenvalue weighted by Gasteiger charge is -2.28. The van der Waals surface area contributed by atoms with Crippen LogP contribution in [0.5, 0.6) is 5.88 Å². The molecule has 2 N–H and O–H groups in total. The summed E-state index contributed by atoms with van der Waals surface area (Å²) in [5.41, 5.74) is 5.72. The molecule has 0 radical (unpaired) electrons. The Labute approximate surface area is 144 Å². The molecule has 6 heteroatoms. The Morgan fingerprint density at radius 1 is 1.24 bits per heavy atom. The minimum Gasteiger partial charge on any atom is -0.493 e. The molecule has 2 heterocycles. The van der Waals surface area contributed by atoms with Crippen molar-refractivity contribution >= 4 is 16.6 Å². The van der Waals surface area contributed by atoms with E-state index in [4.69, 9.17) is 0 Å². The van der Waals surface area contributed by atoms with Gasteiger partial charge in [0.25, 0.3) is 0 Å². The summed E-state index contributed by atoms with van der Waals surface area (Å²) in [4.78, 5) is 16.3. The molecule has 0 aliphatic carbocycles. The number of halogens is 1. The van der Waals surface area contributed by atoms with E-state index >= 15 is 0 Å². The Morgan fingerprint density at radius 2 is 2.04 bits per heavy atom. The van der Waals surface area contributed by atoms with Crippen LogP contribution in [0.2, 0.25) is 0 Å². The second kappa shape index (κ2) is 5.67. The first kappa shape index (κ1) is 15.8. The number of H-pyrrole nitrogens is 1. The number of benzene rings is 2. The Morgan fingerprint density at radius 3 is 2.76 bits per heavy atom. The van der Waals surface area contributed by atoms with Crippen LogP contribution in [-0.4, -0.2) is 28.6 Å². The first-order valence-electron chi connectivity index (χ1n) is 8.17. The summed E-state index contributed by atoms with van der Waals surface area (Å²) in [6, 6.07) is 6.60. The lowest BCUT2D eigenvalue weighted by molar-refractivity contribution is 0.314. The maximum absolute atomic E-state index is 13.5. The highest BCUT2D eigenvalue weighted by Gasteiger charge is 2.25. The van der Waals surface area contributed by atoms with Crippen LogP contribution in [0.15, 0.2) is 29.4 Å². The van der Waals surface area contributed by atoms with Crippen molar-refractivity contribution in [1.29, 1.82) is 0 Å². The molecule has 0 spiro atoms. The number of aromatic hydroxyl groups is 1. The average Bonchev–Trinajstić information content (AvgIpc) is 2.89. The molecule has 0 unspecified atom stereocenters. The van der Waals surface area contributed by atoms with E-state index in [9.17, 15) is 14.4 Å². The highest BCUT2D eigenvalue weighted by molar-refractivity contribution is 6.00. The number of nitroso groups, excluding NO2 is 1. The Bertz CT molecular complexity index is 1010. The molecule has 128 valence electrons. The van der Waals surface area contributed by atoms with E-state index in [1.807, 2.05) is 20.0 Å². The van der Waals surface area contributed by atoms with Gasteiger partial charge in [0.05, 0.1) is 5.52 Å². The van der Waals surface area contributed by atoms with Crippen molar-refractivity contribution < 1.29 is 9.50 Å². The van der Waals surface area contributed by atoms with Gasteiger partial charge in [0, 0.05) is 18.5 Å².